The van der Waals surface area contributed by atoms with E-state index >= 15 is 0 Å². The summed E-state index contributed by atoms with van der Waals surface area (Å²) < 4.78 is 29.0. The van der Waals surface area contributed by atoms with Crippen LogP contribution in [0.2, 0.25) is 0 Å². The van der Waals surface area contributed by atoms with Crippen LogP contribution in [0, 0.1) is 24.1 Å². The molecule has 0 amide bonds. The van der Waals surface area contributed by atoms with Crippen molar-refractivity contribution in [1.82, 2.24) is 0 Å². The Kier molecular flexibility index (Phi) is 4.72. The molecule has 1 aromatic rings. The maximum atomic E-state index is 13.4. The lowest BCUT2D eigenvalue weighted by atomic mass is 10.00. The second-order valence-corrected chi connectivity index (χ2v) is 7.18. The highest BCUT2D eigenvalue weighted by Crippen LogP contribution is 2.21. The maximum absolute atomic E-state index is 13.4. The van der Waals surface area contributed by atoms with Crippen LogP contribution in [-0.4, -0.2) is 15.0 Å². The monoisotopic (exact) mass is 280 g/mol. The van der Waals surface area contributed by atoms with E-state index in [2.05, 4.69) is 4.40 Å². The van der Waals surface area contributed by atoms with Gasteiger partial charge in [-0.25, -0.2) is 4.39 Å². The molecule has 3 nitrogen and oxygen atoms in total. The average molecular weight is 280 g/mol. The van der Waals surface area contributed by atoms with Crippen molar-refractivity contribution < 1.29 is 8.94 Å². The number of halogens is 1. The first kappa shape index (κ1) is 15.7. The second kappa shape index (κ2) is 5.72. The minimum atomic E-state index is -1.41. The lowest BCUT2D eigenvalue weighted by molar-refractivity contribution is 0.561. The minimum Gasteiger partial charge on any atom is -0.591 e. The van der Waals surface area contributed by atoms with Gasteiger partial charge >= 0.3 is 0 Å². The summed E-state index contributed by atoms with van der Waals surface area (Å²) in [5, 5.41) is 8.94. The molecule has 0 bridgehead atoms. The van der Waals surface area contributed by atoms with Crippen molar-refractivity contribution in [3.05, 3.63) is 34.6 Å². The number of nitrogens with zero attached hydrogens (tertiary/aromatic N) is 2. The Balaban J connectivity index is 3.28. The first-order valence-corrected chi connectivity index (χ1v) is 6.95. The van der Waals surface area contributed by atoms with Crippen molar-refractivity contribution in [2.45, 2.75) is 39.4 Å². The van der Waals surface area contributed by atoms with Gasteiger partial charge in [0, 0.05) is 5.56 Å². The van der Waals surface area contributed by atoms with E-state index in [9.17, 15) is 8.94 Å². The van der Waals surface area contributed by atoms with Crippen molar-refractivity contribution >= 4 is 17.1 Å². The van der Waals surface area contributed by atoms with Gasteiger partial charge in [0.2, 0.25) is 0 Å². The van der Waals surface area contributed by atoms with Gasteiger partial charge in [0.05, 0.1) is 17.3 Å². The van der Waals surface area contributed by atoms with Gasteiger partial charge < -0.3 is 4.55 Å². The van der Waals surface area contributed by atoms with Crippen LogP contribution in [0.4, 0.5) is 4.39 Å². The van der Waals surface area contributed by atoms with Crippen LogP contribution in [0.3, 0.4) is 0 Å². The van der Waals surface area contributed by atoms with E-state index in [4.69, 9.17) is 5.26 Å². The molecule has 19 heavy (non-hydrogen) atoms. The molecule has 0 fully saturated rings. The fourth-order valence-corrected chi connectivity index (χ4v) is 2.10. The van der Waals surface area contributed by atoms with Gasteiger partial charge in [-0.15, -0.1) is 0 Å². The highest BCUT2D eigenvalue weighted by Gasteiger charge is 2.27. The summed E-state index contributed by atoms with van der Waals surface area (Å²) in [7, 11) is 0. The third-order valence-corrected chi connectivity index (χ3v) is 4.11. The van der Waals surface area contributed by atoms with Gasteiger partial charge in [-0.3, -0.25) is 0 Å². The lowest BCUT2D eigenvalue weighted by Crippen LogP contribution is -2.26. The quantitative estimate of drug-likeness (QED) is 0.616. The molecule has 0 aliphatic rings. The SMILES string of the molecule is CC(=N[S+]([O-])C(C)(C)C)c1cc(F)cc(C#N)c1C. The van der Waals surface area contributed by atoms with Gasteiger partial charge in [-0.05, 0) is 52.3 Å². The van der Waals surface area contributed by atoms with E-state index in [-0.39, 0.29) is 5.56 Å². The van der Waals surface area contributed by atoms with Gasteiger partial charge in [0.25, 0.3) is 0 Å². The molecular weight excluding hydrogens is 263 g/mol. The zero-order chi connectivity index (χ0) is 14.8. The Morgan fingerprint density at radius 1 is 1.42 bits per heavy atom. The van der Waals surface area contributed by atoms with Crippen LogP contribution in [0.1, 0.15) is 44.4 Å². The van der Waals surface area contributed by atoms with Crippen LogP contribution >= 0.6 is 0 Å². The lowest BCUT2D eigenvalue weighted by Gasteiger charge is -2.19. The zero-order valence-electron chi connectivity index (χ0n) is 11.7. The molecule has 0 heterocycles. The molecule has 0 radical (unpaired) electrons. The average Bonchev–Trinajstić information content (AvgIpc) is 2.30. The number of hydrogen-bond acceptors (Lipinski definition) is 3. The van der Waals surface area contributed by atoms with E-state index in [0.29, 0.717) is 16.8 Å². The summed E-state index contributed by atoms with van der Waals surface area (Å²) in [6.07, 6.45) is 0. The minimum absolute atomic E-state index is 0.270. The van der Waals surface area contributed by atoms with Crippen molar-refractivity contribution in [2.75, 3.05) is 0 Å². The normalized spacial score (nSPS) is 14.1. The molecule has 5 heteroatoms. The summed E-state index contributed by atoms with van der Waals surface area (Å²) >= 11 is -1.41. The van der Waals surface area contributed by atoms with Gasteiger partial charge in [0.15, 0.2) is 0 Å². The first-order chi connectivity index (χ1) is 8.66. The Bertz CT molecular complexity index is 556. The summed E-state index contributed by atoms with van der Waals surface area (Å²) in [5.41, 5.74) is 1.91. The summed E-state index contributed by atoms with van der Waals surface area (Å²) in [6, 6.07) is 4.45. The molecule has 0 aromatic heterocycles. The van der Waals surface area contributed by atoms with Crippen molar-refractivity contribution in [1.29, 1.82) is 5.26 Å². The summed E-state index contributed by atoms with van der Waals surface area (Å²) in [6.45, 7) is 8.86. The van der Waals surface area contributed by atoms with E-state index in [1.807, 2.05) is 26.8 Å². The number of benzene rings is 1. The smallest absolute Gasteiger partial charge is 0.144 e. The molecule has 1 rings (SSSR count). The van der Waals surface area contributed by atoms with Crippen molar-refractivity contribution in [3.8, 4) is 6.07 Å². The maximum Gasteiger partial charge on any atom is 0.144 e. The second-order valence-electron chi connectivity index (χ2n) is 5.28. The van der Waals surface area contributed by atoms with Crippen molar-refractivity contribution in [3.63, 3.8) is 0 Å². The molecule has 0 spiro atoms. The Hall–Kier alpha value is -1.38. The summed E-state index contributed by atoms with van der Waals surface area (Å²) in [5.74, 6) is -0.492. The molecular formula is C14H17FN2OS. The largest absolute Gasteiger partial charge is 0.591 e. The van der Waals surface area contributed by atoms with Crippen LogP contribution in [0.25, 0.3) is 0 Å². The number of hydrogen-bond donors (Lipinski definition) is 0. The fourth-order valence-electron chi connectivity index (χ4n) is 1.48. The summed E-state index contributed by atoms with van der Waals surface area (Å²) in [4.78, 5) is 0. The molecule has 0 aliphatic heterocycles. The molecule has 1 aromatic carbocycles. The van der Waals surface area contributed by atoms with Crippen molar-refractivity contribution in [2.24, 2.45) is 4.40 Å². The van der Waals surface area contributed by atoms with E-state index < -0.39 is 21.9 Å². The van der Waals surface area contributed by atoms with Crippen LogP contribution < -0.4 is 0 Å². The number of nitriles is 1. The Morgan fingerprint density at radius 3 is 2.47 bits per heavy atom. The van der Waals surface area contributed by atoms with E-state index in [1.165, 1.54) is 12.1 Å². The van der Waals surface area contributed by atoms with E-state index in [1.54, 1.807) is 13.8 Å². The number of rotatable bonds is 2. The third-order valence-electron chi connectivity index (χ3n) is 2.63. The van der Waals surface area contributed by atoms with Gasteiger partial charge in [0.1, 0.15) is 21.9 Å². The molecule has 102 valence electrons. The third kappa shape index (κ3) is 3.79. The molecule has 0 aliphatic carbocycles. The molecule has 0 saturated carbocycles. The zero-order valence-corrected chi connectivity index (χ0v) is 12.6. The molecule has 1 atom stereocenters. The Morgan fingerprint density at radius 2 is 2.00 bits per heavy atom. The molecule has 0 saturated heterocycles. The standard InChI is InChI=1S/C14H17FN2OS/c1-9-11(8-16)6-12(15)7-13(9)10(2)17-19(18)14(3,4)5/h6-7H,1-5H3. The highest BCUT2D eigenvalue weighted by molar-refractivity contribution is 7.91. The Labute approximate surface area is 116 Å². The predicted octanol–water partition coefficient (Wildman–Crippen LogP) is 3.28. The van der Waals surface area contributed by atoms with Gasteiger partial charge in [-0.2, -0.15) is 5.26 Å². The highest BCUT2D eigenvalue weighted by atomic mass is 32.2. The van der Waals surface area contributed by atoms with E-state index in [0.717, 1.165) is 0 Å². The fraction of sp³-hybridized carbons (Fsp3) is 0.429. The topological polar surface area (TPSA) is 59.2 Å². The molecule has 1 unspecified atom stereocenters. The van der Waals surface area contributed by atoms with Crippen LogP contribution in [0.5, 0.6) is 0 Å². The van der Waals surface area contributed by atoms with Crippen LogP contribution in [0.15, 0.2) is 16.5 Å². The molecule has 0 N–H and O–H groups in total. The van der Waals surface area contributed by atoms with Crippen LogP contribution in [-0.2, 0) is 11.4 Å². The predicted molar refractivity (Wildman–Crippen MR) is 76.0 cm³/mol. The van der Waals surface area contributed by atoms with Gasteiger partial charge in [-0.1, -0.05) is 4.40 Å². The first-order valence-electron chi connectivity index (χ1n) is 5.84.